The molecule has 0 bridgehead atoms. The van der Waals surface area contributed by atoms with E-state index in [2.05, 4.69) is 20.9 Å². The van der Waals surface area contributed by atoms with Crippen LogP contribution in [0.2, 0.25) is 0 Å². The molecule has 0 aliphatic carbocycles. The molecule has 2 aromatic rings. The fourth-order valence-electron chi connectivity index (χ4n) is 3.81. The first-order chi connectivity index (χ1) is 14.1. The number of benzene rings is 1. The minimum Gasteiger partial charge on any atom is -0.496 e. The van der Waals surface area contributed by atoms with Crippen LogP contribution in [0.25, 0.3) is 11.1 Å². The fraction of sp³-hybridized carbons (Fsp3) is 0.450. The summed E-state index contributed by atoms with van der Waals surface area (Å²) in [6.45, 7) is 3.51. The highest BCUT2D eigenvalue weighted by molar-refractivity contribution is 5.74. The van der Waals surface area contributed by atoms with Crippen molar-refractivity contribution in [3.63, 3.8) is 0 Å². The molecule has 4 rings (SSSR count). The van der Waals surface area contributed by atoms with Gasteiger partial charge in [0.2, 0.25) is 5.88 Å². The van der Waals surface area contributed by atoms with Gasteiger partial charge in [-0.3, -0.25) is 9.80 Å². The number of hydrogen-bond donors (Lipinski definition) is 0. The maximum atomic E-state index is 11.7. The van der Waals surface area contributed by atoms with Crippen molar-refractivity contribution in [3.05, 3.63) is 30.0 Å². The Balaban J connectivity index is 1.58. The molecular formula is C20H24N4O5. The molecule has 3 heterocycles. The summed E-state index contributed by atoms with van der Waals surface area (Å²) in [5.41, 5.74) is 2.70. The van der Waals surface area contributed by atoms with Crippen LogP contribution in [0.3, 0.4) is 0 Å². The molecule has 1 aromatic carbocycles. The molecule has 0 saturated carbocycles. The monoisotopic (exact) mass is 400 g/mol. The topological polar surface area (TPSA) is 86.3 Å². The maximum absolute atomic E-state index is 11.7. The van der Waals surface area contributed by atoms with Gasteiger partial charge in [0.05, 0.1) is 32.9 Å². The van der Waals surface area contributed by atoms with Crippen molar-refractivity contribution in [2.24, 2.45) is 0 Å². The molecule has 0 spiro atoms. The molecule has 2 aliphatic heterocycles. The van der Waals surface area contributed by atoms with Gasteiger partial charge in [0, 0.05) is 37.9 Å². The van der Waals surface area contributed by atoms with E-state index in [-0.39, 0.29) is 18.1 Å². The number of cyclic esters (lactones) is 1. The number of rotatable bonds is 6. The highest BCUT2D eigenvalue weighted by atomic mass is 16.6. The zero-order valence-electron chi connectivity index (χ0n) is 16.8. The van der Waals surface area contributed by atoms with E-state index in [1.165, 1.54) is 7.11 Å². The fourth-order valence-corrected chi connectivity index (χ4v) is 3.81. The molecule has 154 valence electrons. The van der Waals surface area contributed by atoms with Gasteiger partial charge in [-0.25, -0.2) is 9.78 Å². The van der Waals surface area contributed by atoms with E-state index in [0.717, 1.165) is 36.3 Å². The zero-order valence-corrected chi connectivity index (χ0v) is 16.8. The molecule has 2 saturated heterocycles. The van der Waals surface area contributed by atoms with Gasteiger partial charge in [-0.15, -0.1) is 0 Å². The summed E-state index contributed by atoms with van der Waals surface area (Å²) < 4.78 is 21.2. The van der Waals surface area contributed by atoms with Crippen molar-refractivity contribution >= 4 is 6.09 Å². The average Bonchev–Trinajstić information content (AvgIpc) is 3.13. The minimum atomic E-state index is -0.201. The van der Waals surface area contributed by atoms with Crippen LogP contribution in [0.5, 0.6) is 17.6 Å². The van der Waals surface area contributed by atoms with Gasteiger partial charge < -0.3 is 18.9 Å². The quantitative estimate of drug-likeness (QED) is 0.726. The number of aromatic nitrogens is 2. The lowest BCUT2D eigenvalue weighted by Gasteiger charge is -2.35. The standard InChI is InChI=1S/C20H24N4O5/c1-26-17-5-4-13(10-23-6-7-24-14(11-23)12-29-20(24)25)8-15(17)16-9-21-19(28-3)22-18(16)27-2/h4-5,8-9,14H,6-7,10-12H2,1-3H3. The molecule has 1 aromatic heterocycles. The molecule has 0 radical (unpaired) electrons. The Morgan fingerprint density at radius 3 is 2.76 bits per heavy atom. The van der Waals surface area contributed by atoms with E-state index in [1.54, 1.807) is 20.4 Å². The molecule has 1 unspecified atom stereocenters. The normalized spacial score (nSPS) is 18.9. The van der Waals surface area contributed by atoms with Crippen LogP contribution in [-0.2, 0) is 11.3 Å². The van der Waals surface area contributed by atoms with Crippen LogP contribution >= 0.6 is 0 Å². The number of carbonyl (C=O) groups excluding carboxylic acids is 1. The van der Waals surface area contributed by atoms with Crippen molar-refractivity contribution in [2.45, 2.75) is 12.6 Å². The zero-order chi connectivity index (χ0) is 20.4. The summed E-state index contributed by atoms with van der Waals surface area (Å²) in [7, 11) is 4.70. The van der Waals surface area contributed by atoms with Gasteiger partial charge in [0.15, 0.2) is 0 Å². The number of ether oxygens (including phenoxy) is 4. The number of hydrogen-bond acceptors (Lipinski definition) is 8. The summed E-state index contributed by atoms with van der Waals surface area (Å²) >= 11 is 0. The second-order valence-electron chi connectivity index (χ2n) is 6.97. The number of amides is 1. The van der Waals surface area contributed by atoms with Crippen molar-refractivity contribution in [2.75, 3.05) is 47.6 Å². The van der Waals surface area contributed by atoms with Gasteiger partial charge in [0.1, 0.15) is 12.4 Å². The van der Waals surface area contributed by atoms with Crippen molar-refractivity contribution < 1.29 is 23.7 Å². The first kappa shape index (κ1) is 19.3. The molecule has 9 heteroatoms. The molecular weight excluding hydrogens is 376 g/mol. The molecule has 9 nitrogen and oxygen atoms in total. The van der Waals surface area contributed by atoms with E-state index in [4.69, 9.17) is 18.9 Å². The average molecular weight is 400 g/mol. The van der Waals surface area contributed by atoms with Crippen molar-refractivity contribution in [3.8, 4) is 28.8 Å². The van der Waals surface area contributed by atoms with Crippen LogP contribution in [0.4, 0.5) is 4.79 Å². The Bertz CT molecular complexity index is 906. The highest BCUT2D eigenvalue weighted by Gasteiger charge is 2.37. The van der Waals surface area contributed by atoms with Gasteiger partial charge in [-0.1, -0.05) is 6.07 Å². The van der Waals surface area contributed by atoms with E-state index in [1.807, 2.05) is 17.0 Å². The molecule has 1 amide bonds. The summed E-state index contributed by atoms with van der Waals surface area (Å²) in [6.07, 6.45) is 1.47. The number of nitrogens with zero attached hydrogens (tertiary/aromatic N) is 4. The van der Waals surface area contributed by atoms with Crippen LogP contribution < -0.4 is 14.2 Å². The summed E-state index contributed by atoms with van der Waals surface area (Å²) in [4.78, 5) is 24.3. The first-order valence-corrected chi connectivity index (χ1v) is 9.41. The lowest BCUT2D eigenvalue weighted by atomic mass is 10.0. The predicted molar refractivity (Wildman–Crippen MR) is 104 cm³/mol. The summed E-state index contributed by atoms with van der Waals surface area (Å²) in [5, 5.41) is 0. The molecule has 29 heavy (non-hydrogen) atoms. The van der Waals surface area contributed by atoms with E-state index >= 15 is 0 Å². The highest BCUT2D eigenvalue weighted by Crippen LogP contribution is 2.36. The Hall–Kier alpha value is -3.07. The lowest BCUT2D eigenvalue weighted by Crippen LogP contribution is -2.51. The van der Waals surface area contributed by atoms with Gasteiger partial charge >= 0.3 is 12.1 Å². The Morgan fingerprint density at radius 2 is 2.00 bits per heavy atom. The molecule has 2 aliphatic rings. The van der Waals surface area contributed by atoms with Crippen LogP contribution in [-0.4, -0.2) is 79.5 Å². The van der Waals surface area contributed by atoms with Crippen LogP contribution in [0.15, 0.2) is 24.4 Å². The Morgan fingerprint density at radius 1 is 1.14 bits per heavy atom. The minimum absolute atomic E-state index is 0.129. The second-order valence-corrected chi connectivity index (χ2v) is 6.97. The van der Waals surface area contributed by atoms with Gasteiger partial charge in [-0.05, 0) is 17.7 Å². The second kappa shape index (κ2) is 8.12. The summed E-state index contributed by atoms with van der Waals surface area (Å²) in [6, 6.07) is 6.42. The summed E-state index contributed by atoms with van der Waals surface area (Å²) in [5.74, 6) is 1.13. The molecule has 2 fully saturated rings. The molecule has 0 N–H and O–H groups in total. The number of methoxy groups -OCH3 is 3. The maximum Gasteiger partial charge on any atom is 0.410 e. The van der Waals surface area contributed by atoms with Crippen molar-refractivity contribution in [1.29, 1.82) is 0 Å². The number of piperazine rings is 1. The third-order valence-electron chi connectivity index (χ3n) is 5.27. The Labute approximate surface area is 169 Å². The SMILES string of the molecule is COc1ncc(-c2cc(CN3CCN4C(=O)OCC4C3)ccc2OC)c(OC)n1. The van der Waals surface area contributed by atoms with E-state index < -0.39 is 0 Å². The van der Waals surface area contributed by atoms with Gasteiger partial charge in [-0.2, -0.15) is 4.98 Å². The van der Waals surface area contributed by atoms with Gasteiger partial charge in [0.25, 0.3) is 0 Å². The van der Waals surface area contributed by atoms with E-state index in [0.29, 0.717) is 24.8 Å². The molecule has 1 atom stereocenters. The predicted octanol–water partition coefficient (Wildman–Crippen LogP) is 1.81. The van der Waals surface area contributed by atoms with Crippen molar-refractivity contribution in [1.82, 2.24) is 19.8 Å². The lowest BCUT2D eigenvalue weighted by molar-refractivity contribution is 0.115. The third kappa shape index (κ3) is 3.77. The van der Waals surface area contributed by atoms with Crippen LogP contribution in [0, 0.1) is 0 Å². The smallest absolute Gasteiger partial charge is 0.410 e. The first-order valence-electron chi connectivity index (χ1n) is 9.41. The third-order valence-corrected chi connectivity index (χ3v) is 5.27. The van der Waals surface area contributed by atoms with E-state index in [9.17, 15) is 4.79 Å². The Kier molecular flexibility index (Phi) is 5.39. The number of fused-ring (bicyclic) bond motifs is 1. The number of carbonyl (C=O) groups is 1. The van der Waals surface area contributed by atoms with Crippen LogP contribution in [0.1, 0.15) is 5.56 Å². The largest absolute Gasteiger partial charge is 0.496 e.